The van der Waals surface area contributed by atoms with Crippen molar-refractivity contribution < 1.29 is 9.90 Å². The Hall–Kier alpha value is -1.28. The summed E-state index contributed by atoms with van der Waals surface area (Å²) < 4.78 is 1.57. The minimum absolute atomic E-state index is 0.237. The van der Waals surface area contributed by atoms with Gasteiger partial charge in [-0.05, 0) is 0 Å². The molecule has 1 heterocycles. The van der Waals surface area contributed by atoms with Crippen LogP contribution in [0.25, 0.3) is 0 Å². The second-order valence-corrected chi connectivity index (χ2v) is 3.64. The van der Waals surface area contributed by atoms with Crippen LogP contribution in [0.5, 0.6) is 0 Å². The monoisotopic (exact) mass is 217 g/mol. The number of aliphatic carboxylic acids is 1. The quantitative estimate of drug-likeness (QED) is 0.547. The number of carboxylic acid groups (broad SMARTS) is 1. The first-order valence-electron chi connectivity index (χ1n) is 3.78. The third kappa shape index (κ3) is 2.36. The number of nitrogen functional groups attached to an aromatic ring is 1. The molecule has 0 aliphatic carbocycles. The lowest BCUT2D eigenvalue weighted by Crippen LogP contribution is -2.32. The molecule has 0 saturated heterocycles. The molecule has 1 aromatic rings. The van der Waals surface area contributed by atoms with Crippen molar-refractivity contribution in [2.75, 3.05) is 11.5 Å². The number of rotatable bonds is 4. The largest absolute Gasteiger partial charge is 0.480 e. The second kappa shape index (κ2) is 4.29. The van der Waals surface area contributed by atoms with Crippen LogP contribution in [0.15, 0.2) is 5.16 Å². The van der Waals surface area contributed by atoms with Gasteiger partial charge in [0.2, 0.25) is 5.95 Å². The molecule has 1 rings (SSSR count). The molecule has 0 aliphatic rings. The molecule has 8 heteroatoms. The van der Waals surface area contributed by atoms with E-state index in [0.29, 0.717) is 5.16 Å². The van der Waals surface area contributed by atoms with Gasteiger partial charge in [0.25, 0.3) is 0 Å². The van der Waals surface area contributed by atoms with Crippen molar-refractivity contribution in [3.63, 3.8) is 0 Å². The van der Waals surface area contributed by atoms with Gasteiger partial charge in [-0.1, -0.05) is 11.8 Å². The molecule has 1 atom stereocenters. The zero-order valence-electron chi connectivity index (χ0n) is 7.54. The van der Waals surface area contributed by atoms with Gasteiger partial charge in [-0.3, -0.25) is 9.36 Å². The van der Waals surface area contributed by atoms with Gasteiger partial charge in [0, 0.05) is 12.8 Å². The molecule has 0 fully saturated rings. The van der Waals surface area contributed by atoms with Crippen LogP contribution in [0.1, 0.15) is 0 Å². The molecule has 0 spiro atoms. The number of hydrogen-bond acceptors (Lipinski definition) is 6. The minimum atomic E-state index is -1.03. The fraction of sp³-hybridized carbons (Fsp3) is 0.500. The van der Waals surface area contributed by atoms with E-state index >= 15 is 0 Å². The van der Waals surface area contributed by atoms with E-state index in [1.54, 1.807) is 11.6 Å². The molecule has 0 aromatic carbocycles. The zero-order chi connectivity index (χ0) is 10.7. The van der Waals surface area contributed by atoms with Crippen LogP contribution in [0.3, 0.4) is 0 Å². The number of carbonyl (C=O) groups is 1. The first-order chi connectivity index (χ1) is 6.52. The van der Waals surface area contributed by atoms with E-state index in [2.05, 4.69) is 10.2 Å². The van der Waals surface area contributed by atoms with Crippen molar-refractivity contribution in [1.82, 2.24) is 14.8 Å². The van der Waals surface area contributed by atoms with Crippen LogP contribution in [-0.2, 0) is 11.8 Å². The Balaban J connectivity index is 2.54. The number of nitrogens with two attached hydrogens (primary N) is 2. The SMILES string of the molecule is Cn1c(N)nnc1SCC(N)C(=O)O. The molecular formula is C6H11N5O2S. The van der Waals surface area contributed by atoms with E-state index in [1.807, 2.05) is 0 Å². The molecule has 78 valence electrons. The summed E-state index contributed by atoms with van der Waals surface area (Å²) in [7, 11) is 1.70. The highest BCUT2D eigenvalue weighted by Crippen LogP contribution is 2.16. The van der Waals surface area contributed by atoms with Crippen LogP contribution in [0.4, 0.5) is 5.95 Å². The van der Waals surface area contributed by atoms with E-state index in [0.717, 1.165) is 0 Å². The summed E-state index contributed by atoms with van der Waals surface area (Å²) in [6.45, 7) is 0. The van der Waals surface area contributed by atoms with Crippen molar-refractivity contribution in [2.45, 2.75) is 11.2 Å². The van der Waals surface area contributed by atoms with Crippen LogP contribution in [0.2, 0.25) is 0 Å². The Bertz CT molecular complexity index is 339. The molecule has 1 aromatic heterocycles. The summed E-state index contributed by atoms with van der Waals surface area (Å²) in [5, 5.41) is 16.5. The smallest absolute Gasteiger partial charge is 0.321 e. The molecule has 0 bridgehead atoms. The van der Waals surface area contributed by atoms with Crippen molar-refractivity contribution in [3.05, 3.63) is 0 Å². The number of aromatic nitrogens is 3. The Morgan fingerprint density at radius 3 is 2.79 bits per heavy atom. The maximum absolute atomic E-state index is 10.4. The summed E-state index contributed by atoms with van der Waals surface area (Å²) in [6, 6.07) is -0.905. The van der Waals surface area contributed by atoms with Gasteiger partial charge in [-0.2, -0.15) is 0 Å². The van der Waals surface area contributed by atoms with Crippen molar-refractivity contribution >= 4 is 23.7 Å². The van der Waals surface area contributed by atoms with Crippen LogP contribution >= 0.6 is 11.8 Å². The summed E-state index contributed by atoms with van der Waals surface area (Å²) >= 11 is 1.21. The lowest BCUT2D eigenvalue weighted by molar-refractivity contribution is -0.137. The standard InChI is InChI=1S/C6H11N5O2S/c1-11-5(8)9-10-6(11)14-2-3(7)4(12)13/h3H,2,7H2,1H3,(H2,8,9)(H,12,13). The maximum atomic E-state index is 10.4. The number of anilines is 1. The molecule has 5 N–H and O–H groups in total. The van der Waals surface area contributed by atoms with Crippen LogP contribution in [0, 0.1) is 0 Å². The highest BCUT2D eigenvalue weighted by molar-refractivity contribution is 7.99. The van der Waals surface area contributed by atoms with Gasteiger partial charge in [-0.15, -0.1) is 10.2 Å². The predicted molar refractivity (Wildman–Crippen MR) is 51.8 cm³/mol. The minimum Gasteiger partial charge on any atom is -0.480 e. The fourth-order valence-electron chi connectivity index (χ4n) is 0.687. The van der Waals surface area contributed by atoms with E-state index < -0.39 is 12.0 Å². The van der Waals surface area contributed by atoms with E-state index in [1.165, 1.54) is 11.8 Å². The number of carboxylic acids is 1. The summed E-state index contributed by atoms with van der Waals surface area (Å²) in [5.74, 6) is -0.509. The molecule has 1 unspecified atom stereocenters. The van der Waals surface area contributed by atoms with Gasteiger partial charge < -0.3 is 16.6 Å². The normalized spacial score (nSPS) is 12.7. The molecule has 0 aliphatic heterocycles. The Morgan fingerprint density at radius 2 is 2.36 bits per heavy atom. The third-order valence-electron chi connectivity index (χ3n) is 1.58. The third-order valence-corrected chi connectivity index (χ3v) is 2.72. The number of thioether (sulfide) groups is 1. The Morgan fingerprint density at radius 1 is 1.71 bits per heavy atom. The lowest BCUT2D eigenvalue weighted by Gasteiger charge is -2.04. The average Bonchev–Trinajstić information content (AvgIpc) is 2.44. The Kier molecular flexibility index (Phi) is 3.31. The first kappa shape index (κ1) is 10.8. The summed E-state index contributed by atoms with van der Waals surface area (Å²) in [4.78, 5) is 10.4. The van der Waals surface area contributed by atoms with Gasteiger partial charge in [0.15, 0.2) is 5.16 Å². The van der Waals surface area contributed by atoms with E-state index in [4.69, 9.17) is 16.6 Å². The number of nitrogens with zero attached hydrogens (tertiary/aromatic N) is 3. The molecule has 7 nitrogen and oxygen atoms in total. The fourth-order valence-corrected chi connectivity index (χ4v) is 1.54. The topological polar surface area (TPSA) is 120 Å². The maximum Gasteiger partial charge on any atom is 0.321 e. The Labute approximate surface area is 84.5 Å². The lowest BCUT2D eigenvalue weighted by atomic mass is 10.4. The zero-order valence-corrected chi connectivity index (χ0v) is 8.36. The molecule has 0 amide bonds. The van der Waals surface area contributed by atoms with Gasteiger partial charge in [0.05, 0.1) is 0 Å². The summed E-state index contributed by atoms with van der Waals surface area (Å²) in [5.41, 5.74) is 10.7. The molecule has 0 radical (unpaired) electrons. The van der Waals surface area contributed by atoms with E-state index in [9.17, 15) is 4.79 Å². The molecule has 0 saturated carbocycles. The van der Waals surface area contributed by atoms with Crippen molar-refractivity contribution in [3.8, 4) is 0 Å². The van der Waals surface area contributed by atoms with Gasteiger partial charge in [0.1, 0.15) is 6.04 Å². The average molecular weight is 217 g/mol. The van der Waals surface area contributed by atoms with Crippen LogP contribution < -0.4 is 11.5 Å². The second-order valence-electron chi connectivity index (χ2n) is 2.66. The van der Waals surface area contributed by atoms with Crippen molar-refractivity contribution in [1.29, 1.82) is 0 Å². The van der Waals surface area contributed by atoms with Crippen molar-refractivity contribution in [2.24, 2.45) is 12.8 Å². The predicted octanol–water partition coefficient (Wildman–Crippen LogP) is -1.10. The molecule has 14 heavy (non-hydrogen) atoms. The highest BCUT2D eigenvalue weighted by Gasteiger charge is 2.14. The highest BCUT2D eigenvalue weighted by atomic mass is 32.2. The molecular weight excluding hydrogens is 206 g/mol. The first-order valence-corrected chi connectivity index (χ1v) is 4.77. The van der Waals surface area contributed by atoms with Crippen LogP contribution in [-0.4, -0.2) is 37.6 Å². The number of hydrogen-bond donors (Lipinski definition) is 3. The van der Waals surface area contributed by atoms with Gasteiger partial charge in [-0.25, -0.2) is 0 Å². The summed E-state index contributed by atoms with van der Waals surface area (Å²) in [6.07, 6.45) is 0. The van der Waals surface area contributed by atoms with Gasteiger partial charge >= 0.3 is 5.97 Å². The van der Waals surface area contributed by atoms with E-state index in [-0.39, 0.29) is 11.7 Å².